The van der Waals surface area contributed by atoms with Gasteiger partial charge in [-0.25, -0.2) is 0 Å². The minimum absolute atomic E-state index is 0.141. The van der Waals surface area contributed by atoms with Crippen LogP contribution in [0.2, 0.25) is 0 Å². The number of carbonyl (C=O) groups excluding carboxylic acids is 1. The highest BCUT2D eigenvalue weighted by atomic mass is 16.2. The largest absolute Gasteiger partial charge is 0.388 e. The summed E-state index contributed by atoms with van der Waals surface area (Å²) in [4.78, 5) is 14.6. The second-order valence-corrected chi connectivity index (χ2v) is 5.58. The number of nitrogens with zero attached hydrogens (tertiary/aromatic N) is 1. The zero-order valence-electron chi connectivity index (χ0n) is 13.5. The van der Waals surface area contributed by atoms with Crippen LogP contribution in [0.5, 0.6) is 0 Å². The zero-order valence-corrected chi connectivity index (χ0v) is 13.5. The van der Waals surface area contributed by atoms with Crippen molar-refractivity contribution in [3.05, 3.63) is 29.3 Å². The van der Waals surface area contributed by atoms with Gasteiger partial charge in [0.1, 0.15) is 0 Å². The van der Waals surface area contributed by atoms with Crippen LogP contribution in [0.25, 0.3) is 0 Å². The van der Waals surface area contributed by atoms with Gasteiger partial charge >= 0.3 is 0 Å². The number of anilines is 1. The fourth-order valence-corrected chi connectivity index (χ4v) is 2.37. The summed E-state index contributed by atoms with van der Waals surface area (Å²) in [6.07, 6.45) is 3.43. The molecule has 0 aromatic heterocycles. The summed E-state index contributed by atoms with van der Waals surface area (Å²) in [6.45, 7) is 9.22. The van der Waals surface area contributed by atoms with E-state index < -0.39 is 0 Å². The Kier molecular flexibility index (Phi) is 6.56. The first-order chi connectivity index (χ1) is 9.51. The number of carbonyl (C=O) groups is 1. The lowest BCUT2D eigenvalue weighted by atomic mass is 10.1. The number of hydrogen-bond acceptors (Lipinski definition) is 2. The van der Waals surface area contributed by atoms with E-state index in [1.807, 2.05) is 37.1 Å². The Morgan fingerprint density at radius 3 is 2.50 bits per heavy atom. The van der Waals surface area contributed by atoms with E-state index in [1.54, 1.807) is 0 Å². The Bertz CT molecular complexity index is 441. The van der Waals surface area contributed by atoms with Gasteiger partial charge in [0.15, 0.2) is 0 Å². The number of hydrogen-bond donors (Lipinski definition) is 1. The van der Waals surface area contributed by atoms with Crippen LogP contribution in [0.3, 0.4) is 0 Å². The Morgan fingerprint density at radius 2 is 2.00 bits per heavy atom. The third-order valence-electron chi connectivity index (χ3n) is 3.63. The van der Waals surface area contributed by atoms with Gasteiger partial charge in [0.2, 0.25) is 0 Å². The Labute approximate surface area is 123 Å². The molecule has 0 atom stereocenters. The van der Waals surface area contributed by atoms with E-state index in [0.717, 1.165) is 29.8 Å². The Balaban J connectivity index is 2.86. The molecule has 0 unspecified atom stereocenters. The molecule has 0 bridgehead atoms. The SMILES string of the molecule is CCCCCN(C(=O)c1ccc(NC)c(C)c1)C(C)C. The van der Waals surface area contributed by atoms with Crippen LogP contribution in [0, 0.1) is 6.92 Å². The van der Waals surface area contributed by atoms with Gasteiger partial charge in [0.25, 0.3) is 5.91 Å². The quantitative estimate of drug-likeness (QED) is 0.761. The summed E-state index contributed by atoms with van der Waals surface area (Å²) in [5, 5.41) is 3.13. The van der Waals surface area contributed by atoms with Crippen molar-refractivity contribution in [2.45, 2.75) is 53.0 Å². The molecular formula is C17H28N2O. The monoisotopic (exact) mass is 276 g/mol. The summed E-state index contributed by atoms with van der Waals surface area (Å²) in [6, 6.07) is 6.11. The van der Waals surface area contributed by atoms with Crippen molar-refractivity contribution in [2.24, 2.45) is 0 Å². The molecule has 20 heavy (non-hydrogen) atoms. The van der Waals surface area contributed by atoms with Crippen LogP contribution in [-0.2, 0) is 0 Å². The van der Waals surface area contributed by atoms with Crippen LogP contribution < -0.4 is 5.32 Å². The average Bonchev–Trinajstić information content (AvgIpc) is 2.42. The normalized spacial score (nSPS) is 10.7. The lowest BCUT2D eigenvalue weighted by Gasteiger charge is -2.27. The van der Waals surface area contributed by atoms with Gasteiger partial charge in [-0.1, -0.05) is 19.8 Å². The minimum Gasteiger partial charge on any atom is -0.388 e. The number of unbranched alkanes of at least 4 members (excludes halogenated alkanes) is 2. The second kappa shape index (κ2) is 7.93. The van der Waals surface area contributed by atoms with Gasteiger partial charge in [0, 0.05) is 30.9 Å². The van der Waals surface area contributed by atoms with E-state index >= 15 is 0 Å². The molecule has 0 radical (unpaired) electrons. The summed E-state index contributed by atoms with van der Waals surface area (Å²) in [5.41, 5.74) is 2.96. The van der Waals surface area contributed by atoms with Crippen molar-refractivity contribution >= 4 is 11.6 Å². The maximum Gasteiger partial charge on any atom is 0.254 e. The van der Waals surface area contributed by atoms with E-state index in [1.165, 1.54) is 12.8 Å². The van der Waals surface area contributed by atoms with Crippen LogP contribution in [-0.4, -0.2) is 30.4 Å². The summed E-state index contributed by atoms with van der Waals surface area (Å²) >= 11 is 0. The predicted molar refractivity (Wildman–Crippen MR) is 86.4 cm³/mol. The fraction of sp³-hybridized carbons (Fsp3) is 0.588. The molecular weight excluding hydrogens is 248 g/mol. The molecule has 0 aliphatic heterocycles. The molecule has 1 aromatic carbocycles. The van der Waals surface area contributed by atoms with E-state index in [9.17, 15) is 4.79 Å². The first kappa shape index (κ1) is 16.5. The summed E-state index contributed by atoms with van der Waals surface area (Å²) < 4.78 is 0. The molecule has 0 aliphatic rings. The molecule has 3 heteroatoms. The molecule has 112 valence electrons. The van der Waals surface area contributed by atoms with Crippen molar-refractivity contribution in [1.29, 1.82) is 0 Å². The summed E-state index contributed by atoms with van der Waals surface area (Å²) in [7, 11) is 1.90. The lowest BCUT2D eigenvalue weighted by molar-refractivity contribution is 0.0702. The van der Waals surface area contributed by atoms with Crippen LogP contribution >= 0.6 is 0 Å². The fourth-order valence-electron chi connectivity index (χ4n) is 2.37. The van der Waals surface area contributed by atoms with Crippen LogP contribution in [0.4, 0.5) is 5.69 Å². The van der Waals surface area contributed by atoms with Gasteiger partial charge in [-0.3, -0.25) is 4.79 Å². The van der Waals surface area contributed by atoms with E-state index in [-0.39, 0.29) is 11.9 Å². The van der Waals surface area contributed by atoms with Crippen molar-refractivity contribution in [3.8, 4) is 0 Å². The van der Waals surface area contributed by atoms with Gasteiger partial charge < -0.3 is 10.2 Å². The third-order valence-corrected chi connectivity index (χ3v) is 3.63. The molecule has 1 rings (SSSR count). The van der Waals surface area contributed by atoms with Crippen molar-refractivity contribution in [3.63, 3.8) is 0 Å². The molecule has 1 amide bonds. The molecule has 1 N–H and O–H groups in total. The minimum atomic E-state index is 0.141. The van der Waals surface area contributed by atoms with Crippen molar-refractivity contribution < 1.29 is 4.79 Å². The predicted octanol–water partition coefficient (Wildman–Crippen LogP) is 4.08. The molecule has 0 heterocycles. The smallest absolute Gasteiger partial charge is 0.254 e. The highest BCUT2D eigenvalue weighted by molar-refractivity contribution is 5.95. The lowest BCUT2D eigenvalue weighted by Crippen LogP contribution is -2.37. The highest BCUT2D eigenvalue weighted by Gasteiger charge is 2.18. The van der Waals surface area contributed by atoms with Crippen LogP contribution in [0.15, 0.2) is 18.2 Å². The maximum absolute atomic E-state index is 12.6. The number of nitrogens with one attached hydrogen (secondary N) is 1. The third kappa shape index (κ3) is 4.26. The second-order valence-electron chi connectivity index (χ2n) is 5.58. The van der Waals surface area contributed by atoms with Gasteiger partial charge in [0.05, 0.1) is 0 Å². The molecule has 0 saturated heterocycles. The van der Waals surface area contributed by atoms with E-state index in [2.05, 4.69) is 26.1 Å². The molecule has 0 saturated carbocycles. The number of benzene rings is 1. The molecule has 0 aliphatic carbocycles. The Morgan fingerprint density at radius 1 is 1.30 bits per heavy atom. The first-order valence-electron chi connectivity index (χ1n) is 7.60. The van der Waals surface area contributed by atoms with Crippen molar-refractivity contribution in [2.75, 3.05) is 18.9 Å². The molecule has 1 aromatic rings. The van der Waals surface area contributed by atoms with Gasteiger partial charge in [-0.15, -0.1) is 0 Å². The average molecular weight is 276 g/mol. The number of aryl methyl sites for hydroxylation is 1. The number of amides is 1. The zero-order chi connectivity index (χ0) is 15.1. The molecule has 0 fully saturated rings. The standard InChI is InChI=1S/C17H28N2O/c1-6-7-8-11-19(13(2)3)17(20)15-9-10-16(18-5)14(4)12-15/h9-10,12-13,18H,6-8,11H2,1-5H3. The van der Waals surface area contributed by atoms with Crippen molar-refractivity contribution in [1.82, 2.24) is 4.90 Å². The van der Waals surface area contributed by atoms with Gasteiger partial charge in [-0.2, -0.15) is 0 Å². The first-order valence-corrected chi connectivity index (χ1v) is 7.60. The van der Waals surface area contributed by atoms with E-state index in [4.69, 9.17) is 0 Å². The molecule has 0 spiro atoms. The molecule has 3 nitrogen and oxygen atoms in total. The number of rotatable bonds is 7. The van der Waals surface area contributed by atoms with Gasteiger partial charge in [-0.05, 0) is 51.0 Å². The van der Waals surface area contributed by atoms with E-state index in [0.29, 0.717) is 0 Å². The highest BCUT2D eigenvalue weighted by Crippen LogP contribution is 2.18. The topological polar surface area (TPSA) is 32.3 Å². The van der Waals surface area contributed by atoms with Crippen LogP contribution in [0.1, 0.15) is 56.0 Å². The summed E-state index contributed by atoms with van der Waals surface area (Å²) in [5.74, 6) is 0.141. The Hall–Kier alpha value is -1.51. The maximum atomic E-state index is 12.6.